The van der Waals surface area contributed by atoms with Crippen LogP contribution in [0.5, 0.6) is 0 Å². The highest BCUT2D eigenvalue weighted by atomic mass is 32.1. The summed E-state index contributed by atoms with van der Waals surface area (Å²) in [7, 11) is 0. The molecule has 0 atom stereocenters. The van der Waals surface area contributed by atoms with Crippen LogP contribution in [-0.2, 0) is 13.0 Å². The van der Waals surface area contributed by atoms with Gasteiger partial charge in [0.2, 0.25) is 0 Å². The lowest BCUT2D eigenvalue weighted by molar-refractivity contribution is 0.666. The van der Waals surface area contributed by atoms with Gasteiger partial charge in [0.15, 0.2) is 0 Å². The summed E-state index contributed by atoms with van der Waals surface area (Å²) in [6.07, 6.45) is 1.81. The summed E-state index contributed by atoms with van der Waals surface area (Å²) in [5.74, 6) is 0.885. The van der Waals surface area contributed by atoms with E-state index >= 15 is 0 Å². The minimum atomic E-state index is 0.0727. The molecule has 0 aliphatic heterocycles. The molecular formula is C16H16N2OS. The number of aryl methyl sites for hydroxylation is 1. The predicted molar refractivity (Wildman–Crippen MR) is 83.4 cm³/mol. The van der Waals surface area contributed by atoms with E-state index in [2.05, 4.69) is 11.9 Å². The van der Waals surface area contributed by atoms with Crippen molar-refractivity contribution in [2.24, 2.45) is 0 Å². The number of nitrogens with zero attached hydrogens (tertiary/aromatic N) is 2. The fourth-order valence-corrected chi connectivity index (χ4v) is 3.11. The summed E-state index contributed by atoms with van der Waals surface area (Å²) in [4.78, 5) is 18.1. The van der Waals surface area contributed by atoms with Crippen molar-refractivity contribution in [1.82, 2.24) is 9.55 Å². The molecule has 2 heterocycles. The van der Waals surface area contributed by atoms with Crippen LogP contribution in [0.2, 0.25) is 0 Å². The number of hydrogen-bond donors (Lipinski definition) is 0. The van der Waals surface area contributed by atoms with Crippen LogP contribution < -0.4 is 5.56 Å². The molecule has 0 spiro atoms. The Morgan fingerprint density at radius 2 is 2.00 bits per heavy atom. The lowest BCUT2D eigenvalue weighted by atomic mass is 10.2. The molecule has 0 fully saturated rings. The van der Waals surface area contributed by atoms with E-state index in [4.69, 9.17) is 0 Å². The van der Waals surface area contributed by atoms with Crippen molar-refractivity contribution in [3.05, 3.63) is 63.5 Å². The second-order valence-corrected chi connectivity index (χ2v) is 5.69. The molecule has 0 radical (unpaired) electrons. The maximum absolute atomic E-state index is 12.6. The Morgan fingerprint density at radius 1 is 1.20 bits per heavy atom. The van der Waals surface area contributed by atoms with Crippen molar-refractivity contribution in [2.75, 3.05) is 0 Å². The van der Waals surface area contributed by atoms with Crippen molar-refractivity contribution < 1.29 is 0 Å². The minimum Gasteiger partial charge on any atom is -0.292 e. The normalized spacial score (nSPS) is 11.1. The van der Waals surface area contributed by atoms with E-state index in [-0.39, 0.29) is 5.56 Å². The smallest absolute Gasteiger partial charge is 0.262 e. The Balaban J connectivity index is 2.14. The molecule has 102 valence electrons. The van der Waals surface area contributed by atoms with Gasteiger partial charge in [0.05, 0.1) is 11.9 Å². The Kier molecular flexibility index (Phi) is 3.65. The Morgan fingerprint density at radius 3 is 2.75 bits per heavy atom. The van der Waals surface area contributed by atoms with Gasteiger partial charge in [-0.25, -0.2) is 4.98 Å². The number of thiophene rings is 1. The highest BCUT2D eigenvalue weighted by Crippen LogP contribution is 2.16. The second kappa shape index (κ2) is 5.59. The molecule has 0 aliphatic rings. The molecule has 0 aliphatic carbocycles. The molecule has 4 heteroatoms. The van der Waals surface area contributed by atoms with Gasteiger partial charge in [0.25, 0.3) is 5.56 Å². The lowest BCUT2D eigenvalue weighted by Crippen LogP contribution is -2.25. The largest absolute Gasteiger partial charge is 0.292 e. The molecule has 0 bridgehead atoms. The maximum Gasteiger partial charge on any atom is 0.262 e. The summed E-state index contributed by atoms with van der Waals surface area (Å²) >= 11 is 1.53. The van der Waals surface area contributed by atoms with Gasteiger partial charge >= 0.3 is 0 Å². The van der Waals surface area contributed by atoms with Gasteiger partial charge in [-0.2, -0.15) is 0 Å². The van der Waals surface area contributed by atoms with E-state index in [9.17, 15) is 4.79 Å². The van der Waals surface area contributed by atoms with Crippen LogP contribution in [0.25, 0.3) is 10.2 Å². The van der Waals surface area contributed by atoms with Gasteiger partial charge in [-0.3, -0.25) is 9.36 Å². The van der Waals surface area contributed by atoms with Crippen molar-refractivity contribution >= 4 is 21.6 Å². The van der Waals surface area contributed by atoms with Crippen molar-refractivity contribution in [2.45, 2.75) is 26.3 Å². The standard InChI is InChI=1S/C16H16N2OS/c1-2-6-14-17-15-13(9-10-20-15)16(19)18(14)11-12-7-4-3-5-8-12/h3-5,7-10H,2,6,11H2,1H3. The molecule has 3 aromatic rings. The van der Waals surface area contributed by atoms with E-state index in [0.29, 0.717) is 6.54 Å². The van der Waals surface area contributed by atoms with Crippen molar-refractivity contribution in [1.29, 1.82) is 0 Å². The van der Waals surface area contributed by atoms with Crippen molar-refractivity contribution in [3.63, 3.8) is 0 Å². The molecule has 0 N–H and O–H groups in total. The Labute approximate surface area is 121 Å². The van der Waals surface area contributed by atoms with Gasteiger partial charge in [-0.05, 0) is 23.4 Å². The summed E-state index contributed by atoms with van der Waals surface area (Å²) < 4.78 is 1.81. The number of benzene rings is 1. The molecule has 20 heavy (non-hydrogen) atoms. The number of fused-ring (bicyclic) bond motifs is 1. The van der Waals surface area contributed by atoms with Crippen LogP contribution in [-0.4, -0.2) is 9.55 Å². The van der Waals surface area contributed by atoms with Gasteiger partial charge in [-0.1, -0.05) is 37.3 Å². The first-order valence-electron chi connectivity index (χ1n) is 6.80. The van der Waals surface area contributed by atoms with E-state index in [1.54, 1.807) is 0 Å². The molecule has 3 rings (SSSR count). The molecular weight excluding hydrogens is 268 g/mol. The zero-order valence-corrected chi connectivity index (χ0v) is 12.2. The highest BCUT2D eigenvalue weighted by molar-refractivity contribution is 7.16. The topological polar surface area (TPSA) is 34.9 Å². The minimum absolute atomic E-state index is 0.0727. The third-order valence-electron chi connectivity index (χ3n) is 3.32. The van der Waals surface area contributed by atoms with Crippen LogP contribution >= 0.6 is 11.3 Å². The first kappa shape index (κ1) is 13.1. The quantitative estimate of drug-likeness (QED) is 0.735. The highest BCUT2D eigenvalue weighted by Gasteiger charge is 2.11. The van der Waals surface area contributed by atoms with Gasteiger partial charge in [-0.15, -0.1) is 11.3 Å². The van der Waals surface area contributed by atoms with E-state index in [1.807, 2.05) is 46.3 Å². The van der Waals surface area contributed by atoms with Gasteiger partial charge in [0, 0.05) is 6.42 Å². The fourth-order valence-electron chi connectivity index (χ4n) is 2.33. The second-order valence-electron chi connectivity index (χ2n) is 4.79. The number of rotatable bonds is 4. The summed E-state index contributed by atoms with van der Waals surface area (Å²) in [6, 6.07) is 11.9. The number of aromatic nitrogens is 2. The Bertz CT molecular complexity index is 774. The van der Waals surface area contributed by atoms with Crippen LogP contribution in [0.1, 0.15) is 24.7 Å². The van der Waals surface area contributed by atoms with Crippen LogP contribution in [0.4, 0.5) is 0 Å². The third-order valence-corrected chi connectivity index (χ3v) is 4.13. The Hall–Kier alpha value is -1.94. The first-order valence-corrected chi connectivity index (χ1v) is 7.68. The summed E-state index contributed by atoms with van der Waals surface area (Å²) in [5.41, 5.74) is 1.20. The van der Waals surface area contributed by atoms with Crippen molar-refractivity contribution in [3.8, 4) is 0 Å². The molecule has 0 amide bonds. The van der Waals surface area contributed by atoms with E-state index in [1.165, 1.54) is 11.3 Å². The predicted octanol–water partition coefficient (Wildman–Crippen LogP) is 3.46. The molecule has 0 saturated heterocycles. The maximum atomic E-state index is 12.6. The summed E-state index contributed by atoms with van der Waals surface area (Å²) in [6.45, 7) is 2.70. The molecule has 0 saturated carbocycles. The molecule has 2 aromatic heterocycles. The zero-order chi connectivity index (χ0) is 13.9. The molecule has 1 aromatic carbocycles. The van der Waals surface area contributed by atoms with Gasteiger partial charge < -0.3 is 0 Å². The average Bonchev–Trinajstić information content (AvgIpc) is 2.93. The monoisotopic (exact) mass is 284 g/mol. The fraction of sp³-hybridized carbons (Fsp3) is 0.250. The van der Waals surface area contributed by atoms with E-state index < -0.39 is 0 Å². The molecule has 3 nitrogen and oxygen atoms in total. The SMILES string of the molecule is CCCc1nc2sccc2c(=O)n1Cc1ccccc1. The third kappa shape index (κ3) is 2.39. The number of hydrogen-bond acceptors (Lipinski definition) is 3. The van der Waals surface area contributed by atoms with Crippen LogP contribution in [0.15, 0.2) is 46.6 Å². The molecule has 0 unspecified atom stereocenters. The van der Waals surface area contributed by atoms with Crippen LogP contribution in [0.3, 0.4) is 0 Å². The first-order chi connectivity index (χ1) is 9.79. The van der Waals surface area contributed by atoms with Gasteiger partial charge in [0.1, 0.15) is 10.7 Å². The van der Waals surface area contributed by atoms with E-state index in [0.717, 1.165) is 34.4 Å². The average molecular weight is 284 g/mol. The zero-order valence-electron chi connectivity index (χ0n) is 11.4. The summed E-state index contributed by atoms with van der Waals surface area (Å²) in [5, 5.41) is 2.66. The van der Waals surface area contributed by atoms with Crippen LogP contribution in [0, 0.1) is 0 Å². The lowest BCUT2D eigenvalue weighted by Gasteiger charge is -2.11.